The molecule has 0 aliphatic heterocycles. The number of hydrogen-bond acceptors (Lipinski definition) is 2. The van der Waals surface area contributed by atoms with Gasteiger partial charge in [-0.05, 0) is 55.5 Å². The quantitative estimate of drug-likeness (QED) is 0.373. The molecule has 0 saturated heterocycles. The van der Waals surface area contributed by atoms with Crippen LogP contribution in [0.3, 0.4) is 0 Å². The third kappa shape index (κ3) is 2.84. The van der Waals surface area contributed by atoms with Crippen LogP contribution in [0.5, 0.6) is 0 Å². The van der Waals surface area contributed by atoms with Crippen molar-refractivity contribution in [2.45, 2.75) is 6.92 Å². The number of rotatable bonds is 2. The van der Waals surface area contributed by atoms with Crippen LogP contribution in [0.1, 0.15) is 5.56 Å². The number of fused-ring (bicyclic) bond motifs is 3. The van der Waals surface area contributed by atoms with Crippen molar-refractivity contribution in [1.82, 2.24) is 14.8 Å². The van der Waals surface area contributed by atoms with E-state index in [-0.39, 0.29) is 11.5 Å². The molecule has 3 aromatic carbocycles. The second-order valence-corrected chi connectivity index (χ2v) is 6.90. The minimum absolute atomic E-state index is 0.124. The van der Waals surface area contributed by atoms with Gasteiger partial charge in [-0.25, -0.2) is 17.9 Å². The van der Waals surface area contributed by atoms with Gasteiger partial charge < -0.3 is 0 Å². The summed E-state index contributed by atoms with van der Waals surface area (Å²) >= 11 is 0. The first kappa shape index (κ1) is 17.4. The first-order chi connectivity index (χ1) is 14.0. The highest BCUT2D eigenvalue weighted by molar-refractivity contribution is 6.08. The molecule has 0 N–H and O–H groups in total. The summed E-state index contributed by atoms with van der Waals surface area (Å²) < 4.78 is 43.0. The average Bonchev–Trinajstić information content (AvgIpc) is 3.08. The predicted molar refractivity (Wildman–Crippen MR) is 106 cm³/mol. The van der Waals surface area contributed by atoms with Crippen LogP contribution >= 0.6 is 0 Å². The molecule has 5 rings (SSSR count). The van der Waals surface area contributed by atoms with Crippen LogP contribution < -0.4 is 0 Å². The maximum atomic E-state index is 14.6. The van der Waals surface area contributed by atoms with Gasteiger partial charge in [0.2, 0.25) is 0 Å². The topological polar surface area (TPSA) is 30.7 Å². The number of nitrogens with zero attached hydrogens (tertiary/aromatic N) is 3. The fourth-order valence-electron chi connectivity index (χ4n) is 3.55. The molecule has 0 unspecified atom stereocenters. The van der Waals surface area contributed by atoms with E-state index in [0.29, 0.717) is 22.2 Å². The number of halogens is 3. The van der Waals surface area contributed by atoms with E-state index in [0.717, 1.165) is 22.5 Å². The molecule has 0 aliphatic carbocycles. The second-order valence-electron chi connectivity index (χ2n) is 6.90. The van der Waals surface area contributed by atoms with Crippen LogP contribution in [0.4, 0.5) is 13.2 Å². The smallest absolute Gasteiger partial charge is 0.151 e. The fraction of sp³-hybridized carbons (Fsp3) is 0.0435. The summed E-state index contributed by atoms with van der Waals surface area (Å²) in [6.07, 6.45) is 1.68. The van der Waals surface area contributed by atoms with E-state index in [1.165, 1.54) is 28.9 Å². The SMILES string of the molecule is Cc1ccc2ncc3c(-c4ccc(F)cc4)nn(-c4ccc(F)cc4F)c3c2c1. The molecule has 0 bridgehead atoms. The second kappa shape index (κ2) is 6.44. The molecule has 6 heteroatoms. The Hall–Kier alpha value is -3.67. The molecular formula is C23H14F3N3. The molecule has 0 saturated carbocycles. The van der Waals surface area contributed by atoms with Crippen molar-refractivity contribution < 1.29 is 13.2 Å². The maximum Gasteiger partial charge on any atom is 0.151 e. The van der Waals surface area contributed by atoms with E-state index in [9.17, 15) is 13.2 Å². The first-order valence-corrected chi connectivity index (χ1v) is 9.01. The number of aromatic nitrogens is 3. The van der Waals surface area contributed by atoms with E-state index in [4.69, 9.17) is 0 Å². The number of aryl methyl sites for hydroxylation is 1. The van der Waals surface area contributed by atoms with Gasteiger partial charge in [0, 0.05) is 28.6 Å². The van der Waals surface area contributed by atoms with Gasteiger partial charge in [-0.3, -0.25) is 4.98 Å². The van der Waals surface area contributed by atoms with Crippen molar-refractivity contribution in [3.05, 3.63) is 89.9 Å². The Labute approximate surface area is 164 Å². The van der Waals surface area contributed by atoms with Gasteiger partial charge in [-0.2, -0.15) is 5.10 Å². The van der Waals surface area contributed by atoms with Crippen molar-refractivity contribution in [1.29, 1.82) is 0 Å². The Morgan fingerprint density at radius 1 is 0.793 bits per heavy atom. The zero-order valence-electron chi connectivity index (χ0n) is 15.3. The number of hydrogen-bond donors (Lipinski definition) is 0. The Kier molecular flexibility index (Phi) is 3.87. The van der Waals surface area contributed by atoms with Crippen molar-refractivity contribution in [3.63, 3.8) is 0 Å². The van der Waals surface area contributed by atoms with Gasteiger partial charge in [-0.1, -0.05) is 11.6 Å². The minimum Gasteiger partial charge on any atom is -0.255 e. The van der Waals surface area contributed by atoms with E-state index >= 15 is 0 Å². The third-order valence-corrected chi connectivity index (χ3v) is 4.92. The maximum absolute atomic E-state index is 14.6. The monoisotopic (exact) mass is 389 g/mol. The zero-order chi connectivity index (χ0) is 20.1. The molecule has 0 amide bonds. The highest BCUT2D eigenvalue weighted by atomic mass is 19.1. The Morgan fingerprint density at radius 3 is 2.31 bits per heavy atom. The lowest BCUT2D eigenvalue weighted by atomic mass is 10.1. The summed E-state index contributed by atoms with van der Waals surface area (Å²) in [5.74, 6) is -1.75. The largest absolute Gasteiger partial charge is 0.255 e. The van der Waals surface area contributed by atoms with Gasteiger partial charge in [0.05, 0.1) is 11.0 Å². The Morgan fingerprint density at radius 2 is 1.55 bits per heavy atom. The third-order valence-electron chi connectivity index (χ3n) is 4.92. The molecule has 29 heavy (non-hydrogen) atoms. The van der Waals surface area contributed by atoms with Crippen molar-refractivity contribution in [2.75, 3.05) is 0 Å². The summed E-state index contributed by atoms with van der Waals surface area (Å²) in [6, 6.07) is 15.1. The van der Waals surface area contributed by atoms with E-state index in [1.807, 2.05) is 25.1 Å². The average molecular weight is 389 g/mol. The van der Waals surface area contributed by atoms with Crippen LogP contribution in [0.2, 0.25) is 0 Å². The molecule has 3 nitrogen and oxygen atoms in total. The molecule has 0 spiro atoms. The first-order valence-electron chi connectivity index (χ1n) is 9.01. The summed E-state index contributed by atoms with van der Waals surface area (Å²) in [5.41, 5.74) is 3.74. The molecule has 0 atom stereocenters. The standard InChI is InChI=1S/C23H14F3N3/c1-13-2-8-20-17(10-13)23-18(12-27-20)22(14-3-5-15(24)6-4-14)28-29(23)21-9-7-16(25)11-19(21)26/h2-12H,1H3. The van der Waals surface area contributed by atoms with Gasteiger partial charge in [0.1, 0.15) is 23.0 Å². The summed E-state index contributed by atoms with van der Waals surface area (Å²) in [4.78, 5) is 4.52. The Balaban J connectivity index is 1.92. The van der Waals surface area contributed by atoms with E-state index < -0.39 is 11.6 Å². The van der Waals surface area contributed by atoms with E-state index in [2.05, 4.69) is 10.1 Å². The summed E-state index contributed by atoms with van der Waals surface area (Å²) in [7, 11) is 0. The zero-order valence-corrected chi connectivity index (χ0v) is 15.3. The molecule has 142 valence electrons. The highest BCUT2D eigenvalue weighted by Crippen LogP contribution is 2.34. The Bertz CT molecular complexity index is 1390. The molecule has 2 heterocycles. The van der Waals surface area contributed by atoms with Crippen LogP contribution in [-0.4, -0.2) is 14.8 Å². The van der Waals surface area contributed by atoms with Crippen molar-refractivity contribution >= 4 is 21.8 Å². The lowest BCUT2D eigenvalue weighted by Gasteiger charge is -2.07. The summed E-state index contributed by atoms with van der Waals surface area (Å²) in [6.45, 7) is 1.96. The van der Waals surface area contributed by atoms with E-state index in [1.54, 1.807) is 18.3 Å². The van der Waals surface area contributed by atoms with Crippen LogP contribution in [0.15, 0.2) is 66.9 Å². The van der Waals surface area contributed by atoms with Crippen LogP contribution in [0.25, 0.3) is 38.8 Å². The molecule has 2 aromatic heterocycles. The number of pyridine rings is 1. The van der Waals surface area contributed by atoms with Gasteiger partial charge >= 0.3 is 0 Å². The predicted octanol–water partition coefficient (Wildman–Crippen LogP) is 5.97. The van der Waals surface area contributed by atoms with Crippen LogP contribution in [-0.2, 0) is 0 Å². The number of benzene rings is 3. The molecule has 0 radical (unpaired) electrons. The van der Waals surface area contributed by atoms with Gasteiger partial charge in [-0.15, -0.1) is 0 Å². The normalized spacial score (nSPS) is 11.4. The highest BCUT2D eigenvalue weighted by Gasteiger charge is 2.19. The fourth-order valence-corrected chi connectivity index (χ4v) is 3.55. The van der Waals surface area contributed by atoms with Gasteiger partial charge in [0.25, 0.3) is 0 Å². The molecule has 0 aliphatic rings. The molecular weight excluding hydrogens is 375 g/mol. The van der Waals surface area contributed by atoms with Gasteiger partial charge in [0.15, 0.2) is 5.82 Å². The summed E-state index contributed by atoms with van der Waals surface area (Å²) in [5, 5.41) is 6.11. The minimum atomic E-state index is -0.724. The van der Waals surface area contributed by atoms with Crippen molar-refractivity contribution in [3.8, 4) is 16.9 Å². The lowest BCUT2D eigenvalue weighted by Crippen LogP contribution is -2.01. The lowest BCUT2D eigenvalue weighted by molar-refractivity contribution is 0.575. The van der Waals surface area contributed by atoms with Crippen LogP contribution in [0, 0.1) is 24.4 Å². The molecule has 0 fully saturated rings. The molecule has 5 aromatic rings. The van der Waals surface area contributed by atoms with Crippen molar-refractivity contribution in [2.24, 2.45) is 0 Å².